The summed E-state index contributed by atoms with van der Waals surface area (Å²) >= 11 is 5.21. The number of carbonyl (C=O) groups excluding carboxylic acids is 1. The summed E-state index contributed by atoms with van der Waals surface area (Å²) in [5.74, 6) is -1.81. The molecule has 6 heteroatoms. The third-order valence-electron chi connectivity index (χ3n) is 4.00. The summed E-state index contributed by atoms with van der Waals surface area (Å²) in [7, 11) is 0. The average Bonchev–Trinajstić information content (AvgIpc) is 2.84. The molecule has 0 aliphatic carbocycles. The lowest BCUT2D eigenvalue weighted by atomic mass is 9.98. The number of fused-ring (bicyclic) bond motifs is 1. The van der Waals surface area contributed by atoms with Crippen molar-refractivity contribution in [3.05, 3.63) is 27.3 Å². The lowest BCUT2D eigenvalue weighted by Crippen LogP contribution is -2.12. The minimum Gasteiger partial charge on any atom is -0.481 e. The minimum atomic E-state index is -1.03. The molecule has 0 saturated heterocycles. The molecule has 4 nitrogen and oxygen atoms in total. The van der Waals surface area contributed by atoms with Crippen molar-refractivity contribution in [1.29, 1.82) is 0 Å². The van der Waals surface area contributed by atoms with Gasteiger partial charge in [0.1, 0.15) is 5.01 Å². The highest BCUT2D eigenvalue weighted by atomic mass is 32.1. The van der Waals surface area contributed by atoms with Crippen molar-refractivity contribution in [3.8, 4) is 0 Å². The Hall–Kier alpha value is -1.40. The van der Waals surface area contributed by atoms with E-state index in [1.165, 1.54) is 22.5 Å². The standard InChI is InChI=1S/C15H17NO3S2/c1-6-7(2)9(4)13-12(8(6)3)16-14(21-13)10(15(19)20)5-11(17)18/h10H,5H2,1-4H3,(H,17,18)(H,19,20). The minimum absolute atomic E-state index is 0.280. The monoisotopic (exact) mass is 323 g/mol. The van der Waals surface area contributed by atoms with Gasteiger partial charge in [0.15, 0.2) is 5.12 Å². The molecule has 112 valence electrons. The van der Waals surface area contributed by atoms with Crippen LogP contribution < -0.4 is 0 Å². The van der Waals surface area contributed by atoms with Gasteiger partial charge in [0, 0.05) is 0 Å². The summed E-state index contributed by atoms with van der Waals surface area (Å²) in [4.78, 5) is 27.1. The fraction of sp³-hybridized carbons (Fsp3) is 0.400. The number of aryl methyl sites for hydroxylation is 2. The van der Waals surface area contributed by atoms with Crippen LogP contribution in [-0.4, -0.2) is 21.2 Å². The molecule has 1 N–H and O–H groups in total. The molecule has 0 saturated carbocycles. The van der Waals surface area contributed by atoms with E-state index in [0.29, 0.717) is 5.01 Å². The summed E-state index contributed by atoms with van der Waals surface area (Å²) in [5.41, 5.74) is 5.47. The van der Waals surface area contributed by atoms with Crippen molar-refractivity contribution in [1.82, 2.24) is 4.98 Å². The van der Waals surface area contributed by atoms with Crippen LogP contribution in [0.2, 0.25) is 0 Å². The van der Waals surface area contributed by atoms with E-state index in [-0.39, 0.29) is 6.42 Å². The van der Waals surface area contributed by atoms with E-state index in [2.05, 4.69) is 31.5 Å². The van der Waals surface area contributed by atoms with Crippen LogP contribution in [0.3, 0.4) is 0 Å². The van der Waals surface area contributed by atoms with E-state index < -0.39 is 17.0 Å². The second-order valence-corrected chi connectivity index (χ2v) is 6.69. The Kier molecular flexibility index (Phi) is 4.39. The number of thiazole rings is 1. The molecule has 2 rings (SSSR count). The van der Waals surface area contributed by atoms with Crippen LogP contribution in [0, 0.1) is 27.7 Å². The third kappa shape index (κ3) is 2.82. The van der Waals surface area contributed by atoms with E-state index in [1.54, 1.807) is 0 Å². The zero-order valence-corrected chi connectivity index (χ0v) is 14.1. The number of aliphatic carboxylic acids is 1. The van der Waals surface area contributed by atoms with Crippen molar-refractivity contribution in [2.75, 3.05) is 0 Å². The Balaban J connectivity index is 2.67. The number of carbonyl (C=O) groups is 2. The van der Waals surface area contributed by atoms with Crippen molar-refractivity contribution < 1.29 is 14.7 Å². The quantitative estimate of drug-likeness (QED) is 0.845. The molecule has 1 heterocycles. The number of carboxylic acid groups (broad SMARTS) is 1. The van der Waals surface area contributed by atoms with E-state index in [0.717, 1.165) is 21.3 Å². The normalized spacial score (nSPS) is 12.6. The Morgan fingerprint density at radius 2 is 1.71 bits per heavy atom. The SMILES string of the molecule is Cc1c(C)c(C)c2sc(C(CC(=O)O)C(=O)S)nc2c1C. The first kappa shape index (κ1) is 16.0. The topological polar surface area (TPSA) is 67.3 Å². The zero-order chi connectivity index (χ0) is 15.9. The lowest BCUT2D eigenvalue weighted by Gasteiger charge is -2.09. The van der Waals surface area contributed by atoms with E-state index in [1.807, 2.05) is 13.8 Å². The zero-order valence-electron chi connectivity index (χ0n) is 12.4. The predicted octanol–water partition coefficient (Wildman–Crippen LogP) is 3.54. The third-order valence-corrected chi connectivity index (χ3v) is 5.60. The number of hydrogen-bond acceptors (Lipinski definition) is 4. The highest BCUT2D eigenvalue weighted by Crippen LogP contribution is 2.36. The van der Waals surface area contributed by atoms with Crippen LogP contribution in [0.4, 0.5) is 0 Å². The van der Waals surface area contributed by atoms with Gasteiger partial charge < -0.3 is 5.11 Å². The van der Waals surface area contributed by atoms with Gasteiger partial charge in [-0.15, -0.1) is 24.0 Å². The van der Waals surface area contributed by atoms with E-state index in [9.17, 15) is 9.59 Å². The lowest BCUT2D eigenvalue weighted by molar-refractivity contribution is -0.138. The Morgan fingerprint density at radius 1 is 1.14 bits per heavy atom. The van der Waals surface area contributed by atoms with Crippen molar-refractivity contribution >= 4 is 45.3 Å². The molecule has 0 amide bonds. The molecular weight excluding hydrogens is 306 g/mol. The van der Waals surface area contributed by atoms with Crippen LogP contribution in [0.5, 0.6) is 0 Å². The molecule has 1 unspecified atom stereocenters. The summed E-state index contributed by atoms with van der Waals surface area (Å²) in [6, 6.07) is 0. The first-order valence-corrected chi connectivity index (χ1v) is 7.81. The van der Waals surface area contributed by atoms with Gasteiger partial charge in [0.2, 0.25) is 0 Å². The Bertz CT molecular complexity index is 704. The maximum absolute atomic E-state index is 11.6. The summed E-state index contributed by atoms with van der Waals surface area (Å²) in [5, 5.41) is 9.03. The van der Waals surface area contributed by atoms with E-state index >= 15 is 0 Å². The number of nitrogens with zero attached hydrogens (tertiary/aromatic N) is 1. The van der Waals surface area contributed by atoms with Crippen molar-refractivity contribution in [2.24, 2.45) is 0 Å². The highest BCUT2D eigenvalue weighted by molar-refractivity contribution is 7.96. The summed E-state index contributed by atoms with van der Waals surface area (Å²) in [6.45, 7) is 8.15. The molecule has 1 aromatic heterocycles. The van der Waals surface area contributed by atoms with Gasteiger partial charge in [0.05, 0.1) is 22.6 Å². The molecule has 0 fully saturated rings. The molecule has 0 aliphatic rings. The number of hydrogen-bond donors (Lipinski definition) is 2. The number of aromatic nitrogens is 1. The van der Waals surface area contributed by atoms with Gasteiger partial charge in [-0.1, -0.05) is 0 Å². The second kappa shape index (κ2) is 5.77. The van der Waals surface area contributed by atoms with Gasteiger partial charge in [-0.2, -0.15) is 0 Å². The smallest absolute Gasteiger partial charge is 0.304 e. The molecule has 0 aliphatic heterocycles. The number of benzene rings is 1. The average molecular weight is 323 g/mol. The molecule has 0 bridgehead atoms. The molecule has 2 aromatic rings. The highest BCUT2D eigenvalue weighted by Gasteiger charge is 2.26. The second-order valence-electron chi connectivity index (χ2n) is 5.22. The Labute approximate surface area is 132 Å². The van der Waals surface area contributed by atoms with Gasteiger partial charge in [-0.3, -0.25) is 9.59 Å². The summed E-state index contributed by atoms with van der Waals surface area (Å²) < 4.78 is 1.02. The largest absolute Gasteiger partial charge is 0.481 e. The fourth-order valence-corrected chi connectivity index (χ4v) is 3.94. The number of carboxylic acids is 1. The molecule has 1 aromatic carbocycles. The fourth-order valence-electron chi connectivity index (χ4n) is 2.36. The first-order valence-electron chi connectivity index (χ1n) is 6.55. The van der Waals surface area contributed by atoms with Gasteiger partial charge >= 0.3 is 5.97 Å². The van der Waals surface area contributed by atoms with Crippen LogP contribution in [-0.2, 0) is 9.59 Å². The van der Waals surface area contributed by atoms with Gasteiger partial charge in [-0.25, -0.2) is 4.98 Å². The van der Waals surface area contributed by atoms with Crippen molar-refractivity contribution in [3.63, 3.8) is 0 Å². The summed E-state index contributed by atoms with van der Waals surface area (Å²) in [6.07, 6.45) is -0.280. The first-order chi connectivity index (χ1) is 9.73. The van der Waals surface area contributed by atoms with Crippen LogP contribution >= 0.6 is 24.0 Å². The van der Waals surface area contributed by atoms with Gasteiger partial charge in [-0.05, 0) is 49.9 Å². The van der Waals surface area contributed by atoms with Crippen LogP contribution in [0.25, 0.3) is 10.2 Å². The maximum atomic E-state index is 11.6. The Morgan fingerprint density at radius 3 is 2.24 bits per heavy atom. The molecule has 0 spiro atoms. The predicted molar refractivity (Wildman–Crippen MR) is 87.6 cm³/mol. The maximum Gasteiger partial charge on any atom is 0.304 e. The molecule has 1 atom stereocenters. The van der Waals surface area contributed by atoms with E-state index in [4.69, 9.17) is 5.11 Å². The molecular formula is C15H17NO3S2. The van der Waals surface area contributed by atoms with Crippen LogP contribution in [0.1, 0.15) is 39.6 Å². The molecule has 0 radical (unpaired) electrons. The molecule has 21 heavy (non-hydrogen) atoms. The number of rotatable bonds is 4. The van der Waals surface area contributed by atoms with Crippen molar-refractivity contribution in [2.45, 2.75) is 40.0 Å². The number of thiol groups is 1. The van der Waals surface area contributed by atoms with Crippen LogP contribution in [0.15, 0.2) is 0 Å². The van der Waals surface area contributed by atoms with Gasteiger partial charge in [0.25, 0.3) is 0 Å².